The summed E-state index contributed by atoms with van der Waals surface area (Å²) in [5.74, 6) is 0.321. The molecule has 0 unspecified atom stereocenters. The van der Waals surface area contributed by atoms with Gasteiger partial charge in [-0.3, -0.25) is 9.59 Å². The lowest BCUT2D eigenvalue weighted by molar-refractivity contribution is -0.131. The average molecular weight is 398 g/mol. The Hall–Kier alpha value is -2.21. The summed E-state index contributed by atoms with van der Waals surface area (Å²) in [7, 11) is 1.92. The second kappa shape index (κ2) is 8.03. The van der Waals surface area contributed by atoms with Crippen LogP contribution in [0.15, 0.2) is 24.3 Å². The molecule has 1 atom stereocenters. The molecule has 0 N–H and O–H groups in total. The number of aryl methyl sites for hydroxylation is 2. The molecule has 5 nitrogen and oxygen atoms in total. The minimum Gasteiger partial charge on any atom is -0.338 e. The molecule has 28 heavy (non-hydrogen) atoms. The monoisotopic (exact) mass is 397 g/mol. The molecule has 1 aromatic heterocycles. The van der Waals surface area contributed by atoms with Crippen molar-refractivity contribution < 1.29 is 9.59 Å². The van der Waals surface area contributed by atoms with Crippen LogP contribution < -0.4 is 4.90 Å². The molecule has 2 aromatic rings. The number of likely N-dealkylation sites (N-methyl/N-ethyl adjacent to an activating group) is 1. The van der Waals surface area contributed by atoms with Crippen LogP contribution in [0.4, 0.5) is 5.69 Å². The Morgan fingerprint density at radius 2 is 2.04 bits per heavy atom. The Kier molecular flexibility index (Phi) is 5.49. The highest BCUT2D eigenvalue weighted by Gasteiger charge is 2.30. The molecule has 6 heteroatoms. The van der Waals surface area contributed by atoms with Gasteiger partial charge in [-0.2, -0.15) is 0 Å². The largest absolute Gasteiger partial charge is 0.338 e. The van der Waals surface area contributed by atoms with Gasteiger partial charge < -0.3 is 9.80 Å². The molecule has 0 spiro atoms. The Balaban J connectivity index is 1.44. The van der Waals surface area contributed by atoms with Crippen molar-refractivity contribution in [1.82, 2.24) is 9.88 Å². The number of anilines is 1. The van der Waals surface area contributed by atoms with Crippen LogP contribution in [0.2, 0.25) is 0 Å². The summed E-state index contributed by atoms with van der Waals surface area (Å²) in [6, 6.07) is 8.01. The van der Waals surface area contributed by atoms with Gasteiger partial charge in [0.2, 0.25) is 11.8 Å². The van der Waals surface area contributed by atoms with E-state index in [4.69, 9.17) is 4.98 Å². The topological polar surface area (TPSA) is 53.5 Å². The van der Waals surface area contributed by atoms with E-state index in [9.17, 15) is 9.59 Å². The zero-order chi connectivity index (χ0) is 19.7. The maximum absolute atomic E-state index is 12.9. The van der Waals surface area contributed by atoms with Gasteiger partial charge in [0.05, 0.1) is 28.0 Å². The first kappa shape index (κ1) is 19.1. The van der Waals surface area contributed by atoms with Gasteiger partial charge in [-0.15, -0.1) is 11.3 Å². The minimum atomic E-state index is 0.134. The molecule has 2 aliphatic rings. The van der Waals surface area contributed by atoms with Gasteiger partial charge in [0.1, 0.15) is 0 Å². The molecule has 0 saturated carbocycles. The fourth-order valence-electron chi connectivity index (χ4n) is 4.16. The molecule has 2 amide bonds. The molecule has 1 saturated heterocycles. The second-order valence-electron chi connectivity index (χ2n) is 7.68. The quantitative estimate of drug-likeness (QED) is 0.769. The number of hydrogen-bond donors (Lipinski definition) is 0. The second-order valence-corrected chi connectivity index (χ2v) is 8.79. The van der Waals surface area contributed by atoms with Crippen molar-refractivity contribution in [3.8, 4) is 0 Å². The number of nitrogens with zero attached hydrogens (tertiary/aromatic N) is 3. The lowest BCUT2D eigenvalue weighted by Gasteiger charge is -2.31. The van der Waals surface area contributed by atoms with E-state index in [0.717, 1.165) is 49.9 Å². The SMILES string of the molecule is CCc1nc2c(s1)[C@H](N(C)C(=O)Cc1ccc(N3CCCC3=O)cc1)CCC2. The number of fused-ring (bicyclic) bond motifs is 1. The number of rotatable bonds is 5. The Morgan fingerprint density at radius 3 is 2.71 bits per heavy atom. The van der Waals surface area contributed by atoms with Crippen LogP contribution in [0.5, 0.6) is 0 Å². The molecule has 0 bridgehead atoms. The van der Waals surface area contributed by atoms with Crippen molar-refractivity contribution >= 4 is 28.8 Å². The molecule has 1 aromatic carbocycles. The highest BCUT2D eigenvalue weighted by atomic mass is 32.1. The number of benzene rings is 1. The number of carbonyl (C=O) groups excluding carboxylic acids is 2. The van der Waals surface area contributed by atoms with E-state index in [0.29, 0.717) is 12.8 Å². The predicted molar refractivity (Wildman–Crippen MR) is 112 cm³/mol. The van der Waals surface area contributed by atoms with Crippen LogP contribution in [0.25, 0.3) is 0 Å². The van der Waals surface area contributed by atoms with Gasteiger partial charge in [0.25, 0.3) is 0 Å². The van der Waals surface area contributed by atoms with Crippen molar-refractivity contribution in [3.63, 3.8) is 0 Å². The molecule has 4 rings (SSSR count). The maximum Gasteiger partial charge on any atom is 0.227 e. The fourth-order valence-corrected chi connectivity index (χ4v) is 5.39. The summed E-state index contributed by atoms with van der Waals surface area (Å²) in [6.45, 7) is 2.92. The molecule has 1 fully saturated rings. The van der Waals surface area contributed by atoms with Crippen molar-refractivity contribution in [2.45, 2.75) is 57.9 Å². The maximum atomic E-state index is 12.9. The van der Waals surface area contributed by atoms with Crippen molar-refractivity contribution in [2.24, 2.45) is 0 Å². The van der Waals surface area contributed by atoms with E-state index in [-0.39, 0.29) is 17.9 Å². The van der Waals surface area contributed by atoms with E-state index < -0.39 is 0 Å². The lowest BCUT2D eigenvalue weighted by Crippen LogP contribution is -2.33. The molecule has 148 valence electrons. The van der Waals surface area contributed by atoms with Gasteiger partial charge in [-0.1, -0.05) is 19.1 Å². The zero-order valence-corrected chi connectivity index (χ0v) is 17.4. The Labute approximate surface area is 170 Å². The number of carbonyl (C=O) groups is 2. The molecule has 1 aliphatic heterocycles. The van der Waals surface area contributed by atoms with Gasteiger partial charge >= 0.3 is 0 Å². The normalized spacial score (nSPS) is 19.0. The summed E-state index contributed by atoms with van der Waals surface area (Å²) in [5, 5.41) is 1.17. The van der Waals surface area contributed by atoms with Gasteiger partial charge in [0, 0.05) is 25.7 Å². The molecule has 2 heterocycles. The zero-order valence-electron chi connectivity index (χ0n) is 16.6. The highest BCUT2D eigenvalue weighted by Crippen LogP contribution is 2.38. The average Bonchev–Trinajstić information content (AvgIpc) is 3.33. The number of hydrogen-bond acceptors (Lipinski definition) is 4. The summed E-state index contributed by atoms with van der Waals surface area (Å²) in [6.07, 6.45) is 6.01. The standard InChI is InChI=1S/C22H27N3O2S/c1-3-19-23-17-6-4-7-18(22(17)28-19)24(2)21(27)14-15-9-11-16(12-10-15)25-13-5-8-20(25)26/h9-12,18H,3-8,13-14H2,1-2H3/t18-/m1/s1. The van der Waals surface area contributed by atoms with Crippen LogP contribution >= 0.6 is 11.3 Å². The summed E-state index contributed by atoms with van der Waals surface area (Å²) in [5.41, 5.74) is 3.11. The summed E-state index contributed by atoms with van der Waals surface area (Å²) in [4.78, 5) is 34.6. The third-order valence-corrected chi connectivity index (χ3v) is 7.15. The predicted octanol–water partition coefficient (Wildman–Crippen LogP) is 3.91. The van der Waals surface area contributed by atoms with Crippen LogP contribution in [-0.2, 0) is 28.9 Å². The summed E-state index contributed by atoms with van der Waals surface area (Å²) < 4.78 is 0. The number of thiazole rings is 1. The Bertz CT molecular complexity index is 874. The van der Waals surface area contributed by atoms with Crippen LogP contribution in [-0.4, -0.2) is 35.3 Å². The number of aromatic nitrogens is 1. The Morgan fingerprint density at radius 1 is 1.25 bits per heavy atom. The van der Waals surface area contributed by atoms with Gasteiger partial charge in [-0.05, 0) is 49.8 Å². The first-order valence-electron chi connectivity index (χ1n) is 10.2. The molecule has 0 radical (unpaired) electrons. The highest BCUT2D eigenvalue weighted by molar-refractivity contribution is 7.11. The molecular weight excluding hydrogens is 370 g/mol. The lowest BCUT2D eigenvalue weighted by atomic mass is 9.96. The fraction of sp³-hybridized carbons (Fsp3) is 0.500. The van der Waals surface area contributed by atoms with Crippen LogP contribution in [0.1, 0.15) is 59.8 Å². The van der Waals surface area contributed by atoms with Gasteiger partial charge in [-0.25, -0.2) is 4.98 Å². The third-order valence-electron chi connectivity index (χ3n) is 5.81. The first-order chi connectivity index (χ1) is 13.6. The first-order valence-corrected chi connectivity index (χ1v) is 11.0. The van der Waals surface area contributed by atoms with E-state index in [2.05, 4.69) is 6.92 Å². The van der Waals surface area contributed by atoms with Gasteiger partial charge in [0.15, 0.2) is 0 Å². The van der Waals surface area contributed by atoms with E-state index in [1.165, 1.54) is 15.6 Å². The smallest absolute Gasteiger partial charge is 0.227 e. The summed E-state index contributed by atoms with van der Waals surface area (Å²) >= 11 is 1.77. The van der Waals surface area contributed by atoms with E-state index in [1.54, 1.807) is 11.3 Å². The minimum absolute atomic E-state index is 0.134. The van der Waals surface area contributed by atoms with Crippen LogP contribution in [0, 0.1) is 0 Å². The van der Waals surface area contributed by atoms with Crippen molar-refractivity contribution in [1.29, 1.82) is 0 Å². The third kappa shape index (κ3) is 3.70. The van der Waals surface area contributed by atoms with Crippen molar-refractivity contribution in [3.05, 3.63) is 45.4 Å². The van der Waals surface area contributed by atoms with Crippen LogP contribution in [0.3, 0.4) is 0 Å². The van der Waals surface area contributed by atoms with E-state index in [1.807, 2.05) is 41.1 Å². The molecule has 1 aliphatic carbocycles. The van der Waals surface area contributed by atoms with E-state index >= 15 is 0 Å². The number of amides is 2. The van der Waals surface area contributed by atoms with Crippen molar-refractivity contribution in [2.75, 3.05) is 18.5 Å². The molecular formula is C22H27N3O2S.